The molecular weight excluding hydrogens is 202 g/mol. The monoisotopic (exact) mass is 219 g/mol. The molecule has 5 nitrogen and oxygen atoms in total. The van der Waals surface area contributed by atoms with Crippen LogP contribution >= 0.6 is 0 Å². The molecule has 2 aromatic heterocycles. The molecule has 0 unspecified atom stereocenters. The molecule has 5 heteroatoms. The van der Waals surface area contributed by atoms with Crippen LogP contribution < -0.4 is 5.32 Å². The molecule has 0 saturated carbocycles. The van der Waals surface area contributed by atoms with Gasteiger partial charge < -0.3 is 5.32 Å². The topological polar surface area (TPSA) is 47.7 Å². The van der Waals surface area contributed by atoms with E-state index in [1.165, 1.54) is 5.56 Å². The summed E-state index contributed by atoms with van der Waals surface area (Å²) in [5.41, 5.74) is 1.27. The largest absolute Gasteiger partial charge is 0.315 e. The van der Waals surface area contributed by atoms with Crippen molar-refractivity contribution in [2.24, 2.45) is 7.05 Å². The van der Waals surface area contributed by atoms with Gasteiger partial charge in [0.15, 0.2) is 0 Å². The minimum Gasteiger partial charge on any atom is -0.315 e. The third-order valence-corrected chi connectivity index (χ3v) is 2.43. The third kappa shape index (κ3) is 3.20. The van der Waals surface area contributed by atoms with Crippen molar-refractivity contribution < 1.29 is 0 Å². The zero-order valence-corrected chi connectivity index (χ0v) is 9.50. The zero-order chi connectivity index (χ0) is 11.2. The van der Waals surface area contributed by atoms with Gasteiger partial charge in [-0.2, -0.15) is 10.2 Å². The smallest absolute Gasteiger partial charge is 0.0533 e. The third-order valence-electron chi connectivity index (χ3n) is 2.43. The first-order chi connectivity index (χ1) is 7.84. The van der Waals surface area contributed by atoms with Crippen LogP contribution in [0.1, 0.15) is 5.56 Å². The molecule has 86 valence electrons. The van der Waals surface area contributed by atoms with Gasteiger partial charge in [-0.05, 0) is 24.6 Å². The predicted molar refractivity (Wildman–Crippen MR) is 62.0 cm³/mol. The highest BCUT2D eigenvalue weighted by molar-refractivity contribution is 5.03. The van der Waals surface area contributed by atoms with Crippen LogP contribution in [0, 0.1) is 0 Å². The minimum atomic E-state index is 0.917. The summed E-state index contributed by atoms with van der Waals surface area (Å²) in [7, 11) is 1.94. The molecular formula is C11H17N5. The van der Waals surface area contributed by atoms with Gasteiger partial charge in [0.1, 0.15) is 0 Å². The molecule has 0 aliphatic heterocycles. The Hall–Kier alpha value is -1.62. The molecule has 1 N–H and O–H groups in total. The van der Waals surface area contributed by atoms with Crippen LogP contribution in [0.2, 0.25) is 0 Å². The molecule has 0 spiro atoms. The number of hydrogen-bond acceptors (Lipinski definition) is 3. The average molecular weight is 219 g/mol. The van der Waals surface area contributed by atoms with E-state index < -0.39 is 0 Å². The van der Waals surface area contributed by atoms with E-state index in [0.717, 1.165) is 26.1 Å². The lowest BCUT2D eigenvalue weighted by atomic mass is 10.2. The SMILES string of the molecule is Cn1cc(CCNCCn2cccn2)cn1. The van der Waals surface area contributed by atoms with Crippen molar-refractivity contribution in [1.29, 1.82) is 0 Å². The van der Waals surface area contributed by atoms with Crippen molar-refractivity contribution >= 4 is 0 Å². The molecule has 0 amide bonds. The van der Waals surface area contributed by atoms with E-state index in [0.29, 0.717) is 0 Å². The van der Waals surface area contributed by atoms with Crippen molar-refractivity contribution in [2.75, 3.05) is 13.1 Å². The summed E-state index contributed by atoms with van der Waals surface area (Å²) in [4.78, 5) is 0. The Balaban J connectivity index is 1.59. The quantitative estimate of drug-likeness (QED) is 0.718. The fraction of sp³-hybridized carbons (Fsp3) is 0.455. The van der Waals surface area contributed by atoms with Gasteiger partial charge in [-0.1, -0.05) is 0 Å². The van der Waals surface area contributed by atoms with Crippen LogP contribution in [0.15, 0.2) is 30.9 Å². The minimum absolute atomic E-state index is 0.917. The highest BCUT2D eigenvalue weighted by atomic mass is 15.3. The van der Waals surface area contributed by atoms with E-state index >= 15 is 0 Å². The van der Waals surface area contributed by atoms with Crippen LogP contribution in [0.5, 0.6) is 0 Å². The van der Waals surface area contributed by atoms with Crippen molar-refractivity contribution in [3.05, 3.63) is 36.4 Å². The summed E-state index contributed by atoms with van der Waals surface area (Å²) in [6, 6.07) is 1.94. The molecule has 0 aromatic carbocycles. The molecule has 2 rings (SSSR count). The molecule has 0 aliphatic carbocycles. The van der Waals surface area contributed by atoms with E-state index in [-0.39, 0.29) is 0 Å². The van der Waals surface area contributed by atoms with Gasteiger partial charge in [-0.15, -0.1) is 0 Å². The Bertz CT molecular complexity index is 404. The molecule has 16 heavy (non-hydrogen) atoms. The maximum absolute atomic E-state index is 4.14. The zero-order valence-electron chi connectivity index (χ0n) is 9.50. The van der Waals surface area contributed by atoms with Gasteiger partial charge in [0.25, 0.3) is 0 Å². The number of rotatable bonds is 6. The maximum Gasteiger partial charge on any atom is 0.0533 e. The first-order valence-corrected chi connectivity index (χ1v) is 5.50. The van der Waals surface area contributed by atoms with Crippen molar-refractivity contribution in [2.45, 2.75) is 13.0 Å². The number of aryl methyl sites for hydroxylation is 1. The average Bonchev–Trinajstić information content (AvgIpc) is 2.89. The van der Waals surface area contributed by atoms with Crippen molar-refractivity contribution in [3.63, 3.8) is 0 Å². The summed E-state index contributed by atoms with van der Waals surface area (Å²) < 4.78 is 3.76. The molecule has 0 radical (unpaired) electrons. The van der Waals surface area contributed by atoms with Gasteiger partial charge in [-0.3, -0.25) is 9.36 Å². The van der Waals surface area contributed by atoms with Gasteiger partial charge in [0.2, 0.25) is 0 Å². The molecule has 2 aromatic rings. The lowest BCUT2D eigenvalue weighted by molar-refractivity contribution is 0.556. The molecule has 0 bridgehead atoms. The second kappa shape index (κ2) is 5.46. The first-order valence-electron chi connectivity index (χ1n) is 5.50. The molecule has 0 atom stereocenters. The summed E-state index contributed by atoms with van der Waals surface area (Å²) in [5.74, 6) is 0. The fourth-order valence-corrected chi connectivity index (χ4v) is 1.59. The molecule has 2 heterocycles. The Morgan fingerprint density at radius 2 is 2.25 bits per heavy atom. The van der Waals surface area contributed by atoms with Gasteiger partial charge in [0, 0.05) is 32.2 Å². The normalized spacial score (nSPS) is 10.8. The predicted octanol–water partition coefficient (Wildman–Crippen LogP) is 0.449. The Morgan fingerprint density at radius 1 is 1.31 bits per heavy atom. The summed E-state index contributed by atoms with van der Waals surface area (Å²) in [6.45, 7) is 2.84. The second-order valence-corrected chi connectivity index (χ2v) is 3.79. The lowest BCUT2D eigenvalue weighted by Crippen LogP contribution is -2.22. The number of nitrogens with one attached hydrogen (secondary N) is 1. The van der Waals surface area contributed by atoms with E-state index in [4.69, 9.17) is 0 Å². The highest BCUT2D eigenvalue weighted by Crippen LogP contribution is 1.95. The molecule has 0 saturated heterocycles. The first kappa shape index (κ1) is 10.9. The summed E-state index contributed by atoms with van der Waals surface area (Å²) in [6.07, 6.45) is 8.76. The van der Waals surface area contributed by atoms with Gasteiger partial charge in [-0.25, -0.2) is 0 Å². The Kier molecular flexibility index (Phi) is 3.71. The van der Waals surface area contributed by atoms with Crippen molar-refractivity contribution in [1.82, 2.24) is 24.9 Å². The molecule has 0 aliphatic rings. The van der Waals surface area contributed by atoms with Crippen LogP contribution in [-0.2, 0) is 20.0 Å². The summed E-state index contributed by atoms with van der Waals surface area (Å²) >= 11 is 0. The highest BCUT2D eigenvalue weighted by Gasteiger charge is 1.95. The van der Waals surface area contributed by atoms with Crippen LogP contribution in [-0.4, -0.2) is 32.7 Å². The summed E-state index contributed by atoms with van der Waals surface area (Å²) in [5, 5.41) is 11.7. The van der Waals surface area contributed by atoms with Crippen LogP contribution in [0.25, 0.3) is 0 Å². The number of nitrogens with zero attached hydrogens (tertiary/aromatic N) is 4. The lowest BCUT2D eigenvalue weighted by Gasteiger charge is -2.03. The van der Waals surface area contributed by atoms with Gasteiger partial charge in [0.05, 0.1) is 12.7 Å². The maximum atomic E-state index is 4.14. The van der Waals surface area contributed by atoms with Gasteiger partial charge >= 0.3 is 0 Å². The number of hydrogen-bond donors (Lipinski definition) is 1. The van der Waals surface area contributed by atoms with E-state index in [1.807, 2.05) is 34.9 Å². The Labute approximate surface area is 95.1 Å². The second-order valence-electron chi connectivity index (χ2n) is 3.79. The standard InChI is InChI=1S/C11H17N5/c1-15-10-11(9-14-15)3-5-12-6-8-16-7-2-4-13-16/h2,4,7,9-10,12H,3,5-6,8H2,1H3. The number of aromatic nitrogens is 4. The fourth-order valence-electron chi connectivity index (χ4n) is 1.59. The van der Waals surface area contributed by atoms with E-state index in [9.17, 15) is 0 Å². The van der Waals surface area contributed by atoms with E-state index in [1.54, 1.807) is 6.20 Å². The van der Waals surface area contributed by atoms with Crippen LogP contribution in [0.3, 0.4) is 0 Å². The molecule has 0 fully saturated rings. The van der Waals surface area contributed by atoms with E-state index in [2.05, 4.69) is 21.7 Å². The van der Waals surface area contributed by atoms with Crippen molar-refractivity contribution in [3.8, 4) is 0 Å². The Morgan fingerprint density at radius 3 is 2.94 bits per heavy atom. The van der Waals surface area contributed by atoms with Crippen LogP contribution in [0.4, 0.5) is 0 Å².